The maximum atomic E-state index is 6.30. The van der Waals surface area contributed by atoms with E-state index in [4.69, 9.17) is 22.4 Å². The van der Waals surface area contributed by atoms with Gasteiger partial charge in [-0.2, -0.15) is 5.10 Å². The number of hydrogen-bond acceptors (Lipinski definition) is 5. The number of H-pyrrole nitrogens is 1. The molecule has 0 amide bonds. The molecule has 4 rings (SSSR count). The normalized spacial score (nSPS) is 11.2. The summed E-state index contributed by atoms with van der Waals surface area (Å²) in [6.07, 6.45) is 0. The molecule has 0 saturated heterocycles. The van der Waals surface area contributed by atoms with Crippen LogP contribution in [-0.2, 0) is 7.05 Å². The molecular formula is C17H15N5OS. The van der Waals surface area contributed by atoms with Gasteiger partial charge < -0.3 is 14.7 Å². The molecule has 0 fully saturated rings. The standard InChI is InChI=1S/C17H15N5OS/c1-9-8-11(10-6-4-3-5-7-10)19-16-12(9)13(18)14(23-16)15-20-21-17(24)22(15)2/h3-8H,18H2,1-2H3,(H,21,24). The predicted octanol–water partition coefficient (Wildman–Crippen LogP) is 3.84. The molecule has 6 nitrogen and oxygen atoms in total. The number of nitrogen functional groups attached to an aromatic ring is 1. The van der Waals surface area contributed by atoms with Crippen molar-refractivity contribution in [3.63, 3.8) is 0 Å². The number of rotatable bonds is 2. The highest BCUT2D eigenvalue weighted by Crippen LogP contribution is 2.37. The maximum absolute atomic E-state index is 6.30. The number of nitrogens with two attached hydrogens (primary N) is 1. The molecule has 7 heteroatoms. The number of aromatic amines is 1. The summed E-state index contributed by atoms with van der Waals surface area (Å²) < 4.78 is 8.15. The lowest BCUT2D eigenvalue weighted by molar-refractivity contribution is 0.609. The molecule has 3 aromatic heterocycles. The first-order valence-corrected chi connectivity index (χ1v) is 7.84. The van der Waals surface area contributed by atoms with Crippen molar-refractivity contribution < 1.29 is 4.42 Å². The average molecular weight is 337 g/mol. The number of fused-ring (bicyclic) bond motifs is 1. The molecule has 1 aromatic carbocycles. The van der Waals surface area contributed by atoms with Gasteiger partial charge >= 0.3 is 0 Å². The van der Waals surface area contributed by atoms with Crippen LogP contribution in [-0.4, -0.2) is 19.7 Å². The Bertz CT molecular complexity index is 1110. The van der Waals surface area contributed by atoms with Gasteiger partial charge in [0.1, 0.15) is 0 Å². The van der Waals surface area contributed by atoms with Crippen molar-refractivity contribution in [1.29, 1.82) is 0 Å². The van der Waals surface area contributed by atoms with Gasteiger partial charge in [-0.3, -0.25) is 5.10 Å². The van der Waals surface area contributed by atoms with Crippen molar-refractivity contribution in [2.75, 3.05) is 5.73 Å². The van der Waals surface area contributed by atoms with Gasteiger partial charge in [0.2, 0.25) is 5.71 Å². The molecule has 0 bridgehead atoms. The SMILES string of the molecule is Cc1cc(-c2ccccc2)nc2oc(-c3n[nH]c(=S)n3C)c(N)c12. The van der Waals surface area contributed by atoms with Gasteiger partial charge in [0.05, 0.1) is 16.8 Å². The number of aromatic nitrogens is 4. The number of aryl methyl sites for hydroxylation is 1. The van der Waals surface area contributed by atoms with Crippen LogP contribution in [0.3, 0.4) is 0 Å². The Morgan fingerprint density at radius 2 is 2.00 bits per heavy atom. The zero-order chi connectivity index (χ0) is 16.8. The van der Waals surface area contributed by atoms with Crippen LogP contribution in [0.2, 0.25) is 0 Å². The Balaban J connectivity index is 1.97. The molecule has 0 aliphatic carbocycles. The van der Waals surface area contributed by atoms with Crippen molar-refractivity contribution in [1.82, 2.24) is 19.7 Å². The highest BCUT2D eigenvalue weighted by molar-refractivity contribution is 7.71. The minimum Gasteiger partial charge on any atom is -0.432 e. The summed E-state index contributed by atoms with van der Waals surface area (Å²) in [4.78, 5) is 4.63. The van der Waals surface area contributed by atoms with E-state index >= 15 is 0 Å². The van der Waals surface area contributed by atoms with Gasteiger partial charge in [-0.05, 0) is 30.8 Å². The number of hydrogen-bond donors (Lipinski definition) is 2. The minimum absolute atomic E-state index is 0.473. The van der Waals surface area contributed by atoms with Crippen molar-refractivity contribution in [3.8, 4) is 22.8 Å². The smallest absolute Gasteiger partial charge is 0.229 e. The molecule has 0 spiro atoms. The van der Waals surface area contributed by atoms with Gasteiger partial charge in [0, 0.05) is 12.6 Å². The van der Waals surface area contributed by atoms with Crippen LogP contribution >= 0.6 is 12.2 Å². The highest BCUT2D eigenvalue weighted by atomic mass is 32.1. The second kappa shape index (κ2) is 5.31. The Hall–Kier alpha value is -2.93. The quantitative estimate of drug-likeness (QED) is 0.543. The third-order valence-corrected chi connectivity index (χ3v) is 4.41. The molecule has 0 unspecified atom stereocenters. The average Bonchev–Trinajstić information content (AvgIpc) is 3.09. The first kappa shape index (κ1) is 14.6. The monoisotopic (exact) mass is 337 g/mol. The first-order valence-electron chi connectivity index (χ1n) is 7.43. The largest absolute Gasteiger partial charge is 0.432 e. The van der Waals surface area contributed by atoms with Crippen molar-refractivity contribution in [2.24, 2.45) is 7.05 Å². The third kappa shape index (κ3) is 2.13. The summed E-state index contributed by atoms with van der Waals surface area (Å²) in [5.74, 6) is 1.02. The summed E-state index contributed by atoms with van der Waals surface area (Å²) >= 11 is 5.16. The Labute approximate surface area is 142 Å². The second-order valence-corrected chi connectivity index (χ2v) is 6.01. The number of pyridine rings is 1. The molecule has 3 heterocycles. The van der Waals surface area contributed by atoms with E-state index in [1.165, 1.54) is 0 Å². The van der Waals surface area contributed by atoms with Crippen molar-refractivity contribution >= 4 is 29.0 Å². The number of nitrogens with one attached hydrogen (secondary N) is 1. The second-order valence-electron chi connectivity index (χ2n) is 5.63. The summed E-state index contributed by atoms with van der Waals surface area (Å²) in [6.45, 7) is 2.00. The van der Waals surface area contributed by atoms with Crippen LogP contribution in [0.5, 0.6) is 0 Å². The van der Waals surface area contributed by atoms with Crippen LogP contribution in [0.4, 0.5) is 5.69 Å². The van der Waals surface area contributed by atoms with E-state index in [9.17, 15) is 0 Å². The fraction of sp³-hybridized carbons (Fsp3) is 0.118. The Morgan fingerprint density at radius 3 is 2.67 bits per heavy atom. The third-order valence-electron chi connectivity index (χ3n) is 4.05. The Kier molecular flexibility index (Phi) is 3.24. The predicted molar refractivity (Wildman–Crippen MR) is 96.0 cm³/mol. The molecular weight excluding hydrogens is 322 g/mol. The first-order chi connectivity index (χ1) is 11.6. The Morgan fingerprint density at radius 1 is 1.25 bits per heavy atom. The van der Waals surface area contributed by atoms with E-state index in [1.807, 2.05) is 50.4 Å². The lowest BCUT2D eigenvalue weighted by atomic mass is 10.1. The highest BCUT2D eigenvalue weighted by Gasteiger charge is 2.21. The van der Waals surface area contributed by atoms with Crippen molar-refractivity contribution in [3.05, 3.63) is 46.7 Å². The molecule has 0 atom stereocenters. The fourth-order valence-corrected chi connectivity index (χ4v) is 2.92. The van der Waals surface area contributed by atoms with E-state index in [0.717, 1.165) is 22.2 Å². The van der Waals surface area contributed by atoms with Crippen LogP contribution in [0.25, 0.3) is 33.9 Å². The fourth-order valence-electron chi connectivity index (χ4n) is 2.78. The van der Waals surface area contributed by atoms with Gasteiger partial charge in [-0.25, -0.2) is 4.98 Å². The molecule has 120 valence electrons. The molecule has 0 aliphatic heterocycles. The van der Waals surface area contributed by atoms with Gasteiger partial charge in [0.25, 0.3) is 0 Å². The molecule has 4 aromatic rings. The number of nitrogens with zero attached hydrogens (tertiary/aromatic N) is 3. The molecule has 3 N–H and O–H groups in total. The molecule has 24 heavy (non-hydrogen) atoms. The van der Waals surface area contributed by atoms with E-state index in [1.54, 1.807) is 4.57 Å². The lowest BCUT2D eigenvalue weighted by Crippen LogP contribution is -1.95. The van der Waals surface area contributed by atoms with E-state index in [-0.39, 0.29) is 0 Å². The van der Waals surface area contributed by atoms with Crippen molar-refractivity contribution in [2.45, 2.75) is 6.92 Å². The zero-order valence-corrected chi connectivity index (χ0v) is 14.0. The molecule has 0 saturated carbocycles. The topological polar surface area (TPSA) is 85.7 Å². The number of benzene rings is 1. The van der Waals surface area contributed by atoms with Crippen LogP contribution in [0.1, 0.15) is 5.56 Å². The van der Waals surface area contributed by atoms with Gasteiger partial charge in [-0.1, -0.05) is 30.3 Å². The minimum atomic E-state index is 0.473. The van der Waals surface area contributed by atoms with E-state index < -0.39 is 0 Å². The lowest BCUT2D eigenvalue weighted by Gasteiger charge is -2.03. The van der Waals surface area contributed by atoms with Crippen LogP contribution < -0.4 is 5.73 Å². The summed E-state index contributed by atoms with van der Waals surface area (Å²) in [6, 6.07) is 12.0. The maximum Gasteiger partial charge on any atom is 0.229 e. The summed E-state index contributed by atoms with van der Waals surface area (Å²) in [5, 5.41) is 7.74. The number of furan rings is 1. The number of anilines is 1. The van der Waals surface area contributed by atoms with Crippen LogP contribution in [0.15, 0.2) is 40.8 Å². The zero-order valence-electron chi connectivity index (χ0n) is 13.2. The summed E-state index contributed by atoms with van der Waals surface area (Å²) in [7, 11) is 1.81. The van der Waals surface area contributed by atoms with Gasteiger partial charge in [0.15, 0.2) is 16.4 Å². The van der Waals surface area contributed by atoms with E-state index in [2.05, 4.69) is 15.2 Å². The summed E-state index contributed by atoms with van der Waals surface area (Å²) in [5.41, 5.74) is 10.2. The van der Waals surface area contributed by atoms with Crippen LogP contribution in [0, 0.1) is 11.7 Å². The van der Waals surface area contributed by atoms with Gasteiger partial charge in [-0.15, -0.1) is 0 Å². The van der Waals surface area contributed by atoms with E-state index in [0.29, 0.717) is 27.8 Å². The molecule has 0 aliphatic rings. The molecule has 0 radical (unpaired) electrons.